The van der Waals surface area contributed by atoms with E-state index in [-0.39, 0.29) is 0 Å². The molecule has 0 aromatic heterocycles. The maximum atomic E-state index is 12.1. The molecule has 102 valence electrons. The van der Waals surface area contributed by atoms with Crippen LogP contribution in [0.5, 0.6) is 5.75 Å². The van der Waals surface area contributed by atoms with E-state index in [1.54, 1.807) is 32.9 Å². The van der Waals surface area contributed by atoms with E-state index in [1.807, 2.05) is 12.1 Å². The highest BCUT2D eigenvalue weighted by atomic mass is 32.2. The molecule has 1 aromatic rings. The van der Waals surface area contributed by atoms with Gasteiger partial charge in [0, 0.05) is 0 Å². The van der Waals surface area contributed by atoms with E-state index in [2.05, 4.69) is 19.6 Å². The summed E-state index contributed by atoms with van der Waals surface area (Å²) in [5, 5.41) is 1.03. The van der Waals surface area contributed by atoms with Crippen molar-refractivity contribution in [2.75, 3.05) is 0 Å². The lowest BCUT2D eigenvalue weighted by Crippen LogP contribution is -2.41. The van der Waals surface area contributed by atoms with Gasteiger partial charge in [0.15, 0.2) is 0 Å². The van der Waals surface area contributed by atoms with Gasteiger partial charge in [0.05, 0.1) is 12.8 Å². The van der Waals surface area contributed by atoms with Gasteiger partial charge >= 0.3 is 10.1 Å². The topological polar surface area (TPSA) is 43.4 Å². The molecule has 0 saturated heterocycles. The summed E-state index contributed by atoms with van der Waals surface area (Å²) in [6, 6.07) is 7.41. The van der Waals surface area contributed by atoms with E-state index in [9.17, 15) is 8.42 Å². The van der Waals surface area contributed by atoms with Crippen molar-refractivity contribution in [1.29, 1.82) is 0 Å². The van der Waals surface area contributed by atoms with Crippen LogP contribution in [0.4, 0.5) is 0 Å². The zero-order valence-corrected chi connectivity index (χ0v) is 13.8. The molecule has 0 N–H and O–H groups in total. The van der Waals surface area contributed by atoms with Crippen molar-refractivity contribution in [3.05, 3.63) is 24.3 Å². The molecule has 3 nitrogen and oxygen atoms in total. The fourth-order valence-electron chi connectivity index (χ4n) is 1.40. The molecule has 0 heterocycles. The van der Waals surface area contributed by atoms with Crippen molar-refractivity contribution >= 4 is 23.4 Å². The Hall–Kier alpha value is -0.813. The molecule has 0 fully saturated rings. The lowest BCUT2D eigenvalue weighted by molar-refractivity contribution is 0.455. The van der Waals surface area contributed by atoms with Gasteiger partial charge in [0.1, 0.15) is 5.75 Å². The summed E-state index contributed by atoms with van der Waals surface area (Å²) >= 11 is 0. The van der Waals surface area contributed by atoms with Gasteiger partial charge in [-0.05, 0) is 32.0 Å². The second-order valence-corrected chi connectivity index (χ2v) is 13.7. The third-order valence-corrected chi connectivity index (χ3v) is 6.57. The second-order valence-electron chi connectivity index (χ2n) is 6.40. The van der Waals surface area contributed by atoms with Crippen LogP contribution >= 0.6 is 0 Å². The molecule has 0 amide bonds. The van der Waals surface area contributed by atoms with Crippen LogP contribution in [0.25, 0.3) is 0 Å². The fraction of sp³-hybridized carbons (Fsp3) is 0.538. The number of para-hydroxylation sites is 1. The first-order chi connectivity index (χ1) is 7.95. The zero-order chi connectivity index (χ0) is 14.2. The van der Waals surface area contributed by atoms with Gasteiger partial charge in [-0.2, -0.15) is 8.42 Å². The Morgan fingerprint density at radius 3 is 2.00 bits per heavy atom. The fourth-order valence-corrected chi connectivity index (χ4v) is 3.58. The Kier molecular flexibility index (Phi) is 3.98. The van der Waals surface area contributed by atoms with E-state index in [0.29, 0.717) is 5.75 Å². The molecule has 1 rings (SSSR count). The van der Waals surface area contributed by atoms with Crippen molar-refractivity contribution in [2.24, 2.45) is 0 Å². The highest BCUT2D eigenvalue weighted by Gasteiger charge is 2.33. The number of hydrogen-bond donors (Lipinski definition) is 0. The van der Waals surface area contributed by atoms with Gasteiger partial charge in [-0.25, -0.2) is 0 Å². The predicted molar refractivity (Wildman–Crippen MR) is 78.7 cm³/mol. The molecule has 5 heteroatoms. The highest BCUT2D eigenvalue weighted by Crippen LogP contribution is 2.22. The summed E-state index contributed by atoms with van der Waals surface area (Å²) in [6.07, 6.45) is 0. The monoisotopic (exact) mass is 286 g/mol. The molecule has 0 aliphatic heterocycles. The lowest BCUT2D eigenvalue weighted by atomic mass is 10.3. The lowest BCUT2D eigenvalue weighted by Gasteiger charge is -2.24. The minimum Gasteiger partial charge on any atom is -0.382 e. The normalized spacial score (nSPS) is 13.4. The van der Waals surface area contributed by atoms with Gasteiger partial charge in [-0.15, -0.1) is 0 Å². The summed E-state index contributed by atoms with van der Waals surface area (Å²) in [4.78, 5) is 0. The van der Waals surface area contributed by atoms with Crippen molar-refractivity contribution in [3.8, 4) is 5.75 Å². The quantitative estimate of drug-likeness (QED) is 0.634. The molecular weight excluding hydrogens is 264 g/mol. The molecular formula is C13H22O3SSi. The van der Waals surface area contributed by atoms with Crippen molar-refractivity contribution < 1.29 is 12.6 Å². The maximum Gasteiger partial charge on any atom is 0.314 e. The summed E-state index contributed by atoms with van der Waals surface area (Å²) in [7, 11) is -5.24. The van der Waals surface area contributed by atoms with Crippen LogP contribution in [0.1, 0.15) is 20.8 Å². The second kappa shape index (κ2) is 4.70. The van der Waals surface area contributed by atoms with Crippen LogP contribution in [-0.2, 0) is 10.1 Å². The predicted octanol–water partition coefficient (Wildman–Crippen LogP) is 2.74. The minimum atomic E-state index is -3.61. The van der Waals surface area contributed by atoms with Crippen molar-refractivity contribution in [2.45, 2.75) is 45.2 Å². The summed E-state index contributed by atoms with van der Waals surface area (Å²) < 4.78 is 28.6. The average molecular weight is 286 g/mol. The van der Waals surface area contributed by atoms with E-state index in [4.69, 9.17) is 4.18 Å². The molecule has 0 unspecified atom stereocenters. The minimum absolute atomic E-state index is 0.478. The van der Waals surface area contributed by atoms with Gasteiger partial charge in [-0.3, -0.25) is 0 Å². The molecule has 0 atom stereocenters. The Balaban J connectivity index is 3.22. The van der Waals surface area contributed by atoms with E-state index in [1.165, 1.54) is 0 Å². The van der Waals surface area contributed by atoms with Crippen LogP contribution in [0.2, 0.25) is 19.6 Å². The molecule has 0 saturated carbocycles. The standard InChI is InChI=1S/C13H22O3SSi/c1-13(2,3)17(14,15)16-11-9-7-8-10-12(11)18(4,5)6/h7-10H,1-6H3. The third kappa shape index (κ3) is 3.35. The van der Waals surface area contributed by atoms with Crippen LogP contribution < -0.4 is 9.37 Å². The Labute approximate surface area is 111 Å². The van der Waals surface area contributed by atoms with Gasteiger partial charge < -0.3 is 4.18 Å². The third-order valence-electron chi connectivity index (χ3n) is 2.64. The molecule has 0 aliphatic carbocycles. The van der Waals surface area contributed by atoms with Crippen LogP contribution in [0, 0.1) is 0 Å². The maximum absolute atomic E-state index is 12.1. The van der Waals surface area contributed by atoms with Crippen LogP contribution in [0.15, 0.2) is 24.3 Å². The van der Waals surface area contributed by atoms with E-state index < -0.39 is 22.9 Å². The van der Waals surface area contributed by atoms with Crippen molar-refractivity contribution in [1.82, 2.24) is 0 Å². The van der Waals surface area contributed by atoms with Gasteiger partial charge in [0.2, 0.25) is 0 Å². The number of rotatable bonds is 3. The number of hydrogen-bond acceptors (Lipinski definition) is 3. The first-order valence-electron chi connectivity index (χ1n) is 5.99. The average Bonchev–Trinajstić information content (AvgIpc) is 2.14. The van der Waals surface area contributed by atoms with Crippen LogP contribution in [0.3, 0.4) is 0 Å². The molecule has 1 aromatic carbocycles. The van der Waals surface area contributed by atoms with E-state index >= 15 is 0 Å². The largest absolute Gasteiger partial charge is 0.382 e. The van der Waals surface area contributed by atoms with Gasteiger partial charge in [-0.1, -0.05) is 37.8 Å². The Morgan fingerprint density at radius 2 is 1.56 bits per heavy atom. The molecule has 0 aliphatic rings. The molecule has 18 heavy (non-hydrogen) atoms. The molecule has 0 radical (unpaired) electrons. The summed E-state index contributed by atoms with van der Waals surface area (Å²) in [6.45, 7) is 11.4. The number of benzene rings is 1. The summed E-state index contributed by atoms with van der Waals surface area (Å²) in [5.74, 6) is 0.478. The first-order valence-corrected chi connectivity index (χ1v) is 10.9. The first kappa shape index (κ1) is 15.2. The Bertz CT molecular complexity index is 522. The highest BCUT2D eigenvalue weighted by molar-refractivity contribution is 7.88. The molecule has 0 bridgehead atoms. The SMILES string of the molecule is CC(C)(C)S(=O)(=O)Oc1ccccc1[Si](C)(C)C. The van der Waals surface area contributed by atoms with Crippen LogP contribution in [-0.4, -0.2) is 21.2 Å². The Morgan fingerprint density at radius 1 is 1.06 bits per heavy atom. The summed E-state index contributed by atoms with van der Waals surface area (Å²) in [5.41, 5.74) is 0. The zero-order valence-electron chi connectivity index (χ0n) is 11.9. The van der Waals surface area contributed by atoms with Gasteiger partial charge in [0.25, 0.3) is 0 Å². The molecule has 0 spiro atoms. The van der Waals surface area contributed by atoms with E-state index in [0.717, 1.165) is 5.19 Å². The smallest absolute Gasteiger partial charge is 0.314 e. The van der Waals surface area contributed by atoms with Crippen molar-refractivity contribution in [3.63, 3.8) is 0 Å².